The quantitative estimate of drug-likeness (QED) is 0.362. The van der Waals surface area contributed by atoms with E-state index in [-0.39, 0.29) is 16.9 Å². The number of hydrogen-bond donors (Lipinski definition) is 1. The van der Waals surface area contributed by atoms with Crippen LogP contribution in [-0.4, -0.2) is 46.4 Å². The predicted octanol–water partition coefficient (Wildman–Crippen LogP) is 4.62. The van der Waals surface area contributed by atoms with Crippen molar-refractivity contribution in [1.82, 2.24) is 19.6 Å². The van der Waals surface area contributed by atoms with Crippen molar-refractivity contribution < 1.29 is 4.79 Å². The Labute approximate surface area is 217 Å². The second kappa shape index (κ2) is 9.77. The topological polar surface area (TPSA) is 90.5 Å². The number of benzene rings is 2. The summed E-state index contributed by atoms with van der Waals surface area (Å²) in [5.74, 6) is -0.340. The molecule has 0 atom stereocenters. The number of rotatable bonds is 6. The number of carbonyl (C=O) groups excluding carboxylic acids is 1. The van der Waals surface area contributed by atoms with Gasteiger partial charge < -0.3 is 10.2 Å². The lowest BCUT2D eigenvalue weighted by Crippen LogP contribution is -2.35. The van der Waals surface area contributed by atoms with Gasteiger partial charge >= 0.3 is 0 Å². The van der Waals surface area contributed by atoms with Gasteiger partial charge in [-0.25, -0.2) is 4.98 Å². The van der Waals surface area contributed by atoms with Gasteiger partial charge in [-0.05, 0) is 55.8 Å². The third-order valence-corrected chi connectivity index (χ3v) is 8.11. The molecular weight excluding hydrogens is 482 g/mol. The number of fused-ring (bicyclic) bond motifs is 5. The van der Waals surface area contributed by atoms with Crippen LogP contribution in [0.25, 0.3) is 37.3 Å². The van der Waals surface area contributed by atoms with Crippen LogP contribution in [-0.2, 0) is 6.42 Å². The smallest absolute Gasteiger partial charge is 0.258 e. The number of nitriles is 1. The van der Waals surface area contributed by atoms with Crippen LogP contribution in [0.5, 0.6) is 0 Å². The Hall–Kier alpha value is -4.06. The molecule has 1 aliphatic heterocycles. The van der Waals surface area contributed by atoms with E-state index in [0.29, 0.717) is 28.8 Å². The number of aromatic nitrogens is 2. The highest BCUT2D eigenvalue weighted by molar-refractivity contribution is 7.24. The van der Waals surface area contributed by atoms with Crippen molar-refractivity contribution in [3.63, 3.8) is 0 Å². The molecule has 3 aromatic heterocycles. The number of amides is 1. The summed E-state index contributed by atoms with van der Waals surface area (Å²) < 4.78 is 2.92. The molecule has 0 bridgehead atoms. The molecule has 0 saturated carbocycles. The molecule has 8 heteroatoms. The van der Waals surface area contributed by atoms with E-state index in [1.807, 2.05) is 59.0 Å². The summed E-state index contributed by atoms with van der Waals surface area (Å²) in [7, 11) is 0. The third kappa shape index (κ3) is 4.26. The molecule has 1 aliphatic rings. The minimum Gasteiger partial charge on any atom is -0.351 e. The fourth-order valence-corrected chi connectivity index (χ4v) is 6.24. The van der Waals surface area contributed by atoms with Gasteiger partial charge in [-0.1, -0.05) is 36.4 Å². The van der Waals surface area contributed by atoms with Crippen LogP contribution in [0.1, 0.15) is 28.8 Å². The molecule has 7 nitrogen and oxygen atoms in total. The van der Waals surface area contributed by atoms with Crippen molar-refractivity contribution in [1.29, 1.82) is 5.26 Å². The van der Waals surface area contributed by atoms with Gasteiger partial charge in [0.25, 0.3) is 5.91 Å². The molecule has 0 aliphatic carbocycles. The molecule has 1 amide bonds. The van der Waals surface area contributed by atoms with Crippen molar-refractivity contribution in [3.05, 3.63) is 82.0 Å². The zero-order chi connectivity index (χ0) is 25.4. The van der Waals surface area contributed by atoms with Crippen molar-refractivity contribution in [3.8, 4) is 17.3 Å². The second-order valence-electron chi connectivity index (χ2n) is 9.32. The van der Waals surface area contributed by atoms with E-state index in [4.69, 9.17) is 10.2 Å². The van der Waals surface area contributed by atoms with Gasteiger partial charge in [0.05, 0.1) is 33.8 Å². The van der Waals surface area contributed by atoms with E-state index in [1.165, 1.54) is 24.2 Å². The first-order valence-electron chi connectivity index (χ1n) is 12.5. The molecule has 37 heavy (non-hydrogen) atoms. The van der Waals surface area contributed by atoms with E-state index in [1.54, 1.807) is 6.07 Å². The minimum atomic E-state index is -0.340. The Morgan fingerprint density at radius 1 is 1.05 bits per heavy atom. The fourth-order valence-electron chi connectivity index (χ4n) is 5.06. The zero-order valence-electron chi connectivity index (χ0n) is 20.2. The van der Waals surface area contributed by atoms with Gasteiger partial charge in [0.2, 0.25) is 5.43 Å². The molecule has 1 fully saturated rings. The van der Waals surface area contributed by atoms with Gasteiger partial charge in [-0.2, -0.15) is 5.26 Å². The second-order valence-corrected chi connectivity index (χ2v) is 10.3. The van der Waals surface area contributed by atoms with Crippen LogP contribution >= 0.6 is 11.3 Å². The Balaban J connectivity index is 1.47. The first-order valence-corrected chi connectivity index (χ1v) is 13.3. The summed E-state index contributed by atoms with van der Waals surface area (Å²) in [5.41, 5.74) is 3.87. The van der Waals surface area contributed by atoms with Crippen LogP contribution < -0.4 is 10.7 Å². The van der Waals surface area contributed by atoms with Crippen molar-refractivity contribution in [2.24, 2.45) is 0 Å². The highest BCUT2D eigenvalue weighted by atomic mass is 32.1. The van der Waals surface area contributed by atoms with Crippen molar-refractivity contribution >= 4 is 43.3 Å². The summed E-state index contributed by atoms with van der Waals surface area (Å²) in [6.07, 6.45) is 2.74. The van der Waals surface area contributed by atoms with Crippen LogP contribution in [0.4, 0.5) is 0 Å². The molecule has 184 valence electrons. The van der Waals surface area contributed by atoms with E-state index in [2.05, 4.69) is 16.3 Å². The number of hydrogen-bond acceptors (Lipinski definition) is 6. The lowest BCUT2D eigenvalue weighted by molar-refractivity contribution is 0.0950. The zero-order valence-corrected chi connectivity index (χ0v) is 21.1. The van der Waals surface area contributed by atoms with E-state index < -0.39 is 0 Å². The maximum atomic E-state index is 13.7. The monoisotopic (exact) mass is 507 g/mol. The molecule has 5 aromatic rings. The summed E-state index contributed by atoms with van der Waals surface area (Å²) >= 11 is 1.43. The fraction of sp³-hybridized carbons (Fsp3) is 0.241. The lowest BCUT2D eigenvalue weighted by atomic mass is 10.1. The summed E-state index contributed by atoms with van der Waals surface area (Å²) in [5, 5.41) is 12.4. The summed E-state index contributed by atoms with van der Waals surface area (Å²) in [6.45, 7) is 3.41. The number of para-hydroxylation sites is 1. The van der Waals surface area contributed by atoms with Crippen LogP contribution in [0, 0.1) is 11.3 Å². The first-order chi connectivity index (χ1) is 18.1. The van der Waals surface area contributed by atoms with E-state index >= 15 is 0 Å². The predicted molar refractivity (Wildman–Crippen MR) is 147 cm³/mol. The maximum absolute atomic E-state index is 13.7. The van der Waals surface area contributed by atoms with Gasteiger partial charge in [-0.15, -0.1) is 11.3 Å². The van der Waals surface area contributed by atoms with E-state index in [0.717, 1.165) is 46.7 Å². The highest BCUT2D eigenvalue weighted by Gasteiger charge is 2.23. The minimum absolute atomic E-state index is 0.172. The summed E-state index contributed by atoms with van der Waals surface area (Å²) in [4.78, 5) is 34.9. The summed E-state index contributed by atoms with van der Waals surface area (Å²) in [6, 6.07) is 21.4. The standard InChI is InChI=1S/C29H25N5O2S/c30-14-13-19-7-9-20(10-8-19)22-12-11-21-26(35)25(28(36)31-15-18-33-16-3-4-17-33)29-34(27(21)32-22)23-5-1-2-6-24(23)37-29/h1-2,5-12H,3-4,13,15-18H2,(H,31,36). The SMILES string of the molecule is N#CCc1ccc(-c2ccc3c(=O)c(C(=O)NCCN4CCCC4)c4sc5ccccc5n4c3n2)cc1. The maximum Gasteiger partial charge on any atom is 0.258 e. The normalized spacial score (nSPS) is 13.9. The number of nitrogens with zero attached hydrogens (tertiary/aromatic N) is 4. The van der Waals surface area contributed by atoms with Crippen LogP contribution in [0.3, 0.4) is 0 Å². The lowest BCUT2D eigenvalue weighted by Gasteiger charge is -2.15. The number of carbonyl (C=O) groups is 1. The van der Waals surface area contributed by atoms with Gasteiger partial charge in [0.1, 0.15) is 16.0 Å². The van der Waals surface area contributed by atoms with Crippen molar-refractivity contribution in [2.45, 2.75) is 19.3 Å². The molecule has 2 aromatic carbocycles. The number of pyridine rings is 2. The molecule has 6 rings (SSSR count). The van der Waals surface area contributed by atoms with Gasteiger partial charge in [0, 0.05) is 18.7 Å². The van der Waals surface area contributed by atoms with Crippen molar-refractivity contribution in [2.75, 3.05) is 26.2 Å². The molecule has 0 unspecified atom stereocenters. The Kier molecular flexibility index (Phi) is 6.16. The Morgan fingerprint density at radius 2 is 1.84 bits per heavy atom. The highest BCUT2D eigenvalue weighted by Crippen LogP contribution is 2.31. The average molecular weight is 508 g/mol. The van der Waals surface area contributed by atoms with Crippen LogP contribution in [0.15, 0.2) is 65.5 Å². The third-order valence-electron chi connectivity index (χ3n) is 6.96. The number of nitrogens with one attached hydrogen (secondary N) is 1. The average Bonchev–Trinajstić information content (AvgIpc) is 3.57. The first kappa shape index (κ1) is 23.3. The van der Waals surface area contributed by atoms with Gasteiger partial charge in [-0.3, -0.25) is 14.0 Å². The van der Waals surface area contributed by atoms with Crippen LogP contribution in [0.2, 0.25) is 0 Å². The Bertz CT molecular complexity index is 1740. The molecule has 1 N–H and O–H groups in total. The molecule has 0 spiro atoms. The largest absolute Gasteiger partial charge is 0.351 e. The molecule has 1 saturated heterocycles. The molecular formula is C29H25N5O2S. The Morgan fingerprint density at radius 3 is 2.62 bits per heavy atom. The molecule has 4 heterocycles. The van der Waals surface area contributed by atoms with E-state index in [9.17, 15) is 9.59 Å². The number of likely N-dealkylation sites (tertiary alicyclic amines) is 1. The number of thiazole rings is 1. The van der Waals surface area contributed by atoms with Gasteiger partial charge in [0.15, 0.2) is 0 Å². The molecule has 0 radical (unpaired) electrons.